The van der Waals surface area contributed by atoms with E-state index < -0.39 is 17.9 Å². The van der Waals surface area contributed by atoms with E-state index in [2.05, 4.69) is 5.32 Å². The van der Waals surface area contributed by atoms with Gasteiger partial charge in [0.05, 0.1) is 16.9 Å². The topological polar surface area (TPSA) is 72.5 Å². The lowest BCUT2D eigenvalue weighted by Crippen LogP contribution is -2.42. The van der Waals surface area contributed by atoms with Crippen LogP contribution in [0, 0.1) is 0 Å². The largest absolute Gasteiger partial charge is 0.467 e. The van der Waals surface area contributed by atoms with Gasteiger partial charge in [-0.15, -0.1) is 11.3 Å². The van der Waals surface area contributed by atoms with Gasteiger partial charge in [0.1, 0.15) is 6.04 Å². The smallest absolute Gasteiger partial charge is 0.328 e. The van der Waals surface area contributed by atoms with Crippen molar-refractivity contribution in [1.82, 2.24) is 5.32 Å². The van der Waals surface area contributed by atoms with Crippen LogP contribution in [0.15, 0.2) is 42.5 Å². The van der Waals surface area contributed by atoms with E-state index in [1.54, 1.807) is 12.1 Å². The molecule has 0 fully saturated rings. The SMILES string of the molecule is COC(=O)[C@@H](Cc1ccccc1)NC(=O)c1ccc(C(C)=O)s1. The molecule has 0 saturated carbocycles. The molecule has 1 N–H and O–H groups in total. The van der Waals surface area contributed by atoms with Crippen LogP contribution in [0.1, 0.15) is 31.8 Å². The molecule has 23 heavy (non-hydrogen) atoms. The molecule has 0 spiro atoms. The number of carbonyl (C=O) groups is 3. The number of nitrogens with one attached hydrogen (secondary N) is 1. The summed E-state index contributed by atoms with van der Waals surface area (Å²) in [5.74, 6) is -0.998. The van der Waals surface area contributed by atoms with E-state index in [1.165, 1.54) is 14.0 Å². The van der Waals surface area contributed by atoms with E-state index in [9.17, 15) is 14.4 Å². The minimum absolute atomic E-state index is 0.0946. The first-order chi connectivity index (χ1) is 11.0. The summed E-state index contributed by atoms with van der Waals surface area (Å²) in [4.78, 5) is 36.4. The van der Waals surface area contributed by atoms with Crippen LogP contribution in [0.25, 0.3) is 0 Å². The van der Waals surface area contributed by atoms with Crippen molar-refractivity contribution in [1.29, 1.82) is 0 Å². The fraction of sp³-hybridized carbons (Fsp3) is 0.235. The Bertz CT molecular complexity index is 708. The van der Waals surface area contributed by atoms with Gasteiger partial charge in [0.2, 0.25) is 0 Å². The Kier molecular flexibility index (Phi) is 5.65. The summed E-state index contributed by atoms with van der Waals surface area (Å²) < 4.78 is 4.76. The molecule has 1 aromatic carbocycles. The van der Waals surface area contributed by atoms with Gasteiger partial charge in [-0.25, -0.2) is 4.79 Å². The minimum Gasteiger partial charge on any atom is -0.467 e. The molecule has 1 amide bonds. The Labute approximate surface area is 138 Å². The number of ketones is 1. The highest BCUT2D eigenvalue weighted by Gasteiger charge is 2.23. The Balaban J connectivity index is 2.11. The van der Waals surface area contributed by atoms with Crippen molar-refractivity contribution in [3.63, 3.8) is 0 Å². The standard InChI is InChI=1S/C17H17NO4S/c1-11(19)14-8-9-15(23-14)16(20)18-13(17(21)22-2)10-12-6-4-3-5-7-12/h3-9,13H,10H2,1-2H3,(H,18,20)/t13-/m1/s1. The van der Waals surface area contributed by atoms with Gasteiger partial charge in [0.25, 0.3) is 5.91 Å². The molecule has 1 heterocycles. The second kappa shape index (κ2) is 7.69. The maximum Gasteiger partial charge on any atom is 0.328 e. The second-order valence-corrected chi connectivity index (χ2v) is 6.04. The van der Waals surface area contributed by atoms with E-state index in [0.717, 1.165) is 16.9 Å². The maximum absolute atomic E-state index is 12.3. The summed E-state index contributed by atoms with van der Waals surface area (Å²) >= 11 is 1.10. The molecule has 6 heteroatoms. The number of esters is 1. The van der Waals surface area contributed by atoms with Gasteiger partial charge in [-0.2, -0.15) is 0 Å². The summed E-state index contributed by atoms with van der Waals surface area (Å²) in [5, 5.41) is 2.67. The van der Waals surface area contributed by atoms with Gasteiger partial charge >= 0.3 is 5.97 Å². The third-order valence-electron chi connectivity index (χ3n) is 3.25. The molecule has 2 rings (SSSR count). The van der Waals surface area contributed by atoms with Crippen molar-refractivity contribution in [2.45, 2.75) is 19.4 Å². The van der Waals surface area contributed by atoms with Gasteiger partial charge in [-0.1, -0.05) is 30.3 Å². The molecule has 0 aliphatic rings. The monoisotopic (exact) mass is 331 g/mol. The number of benzene rings is 1. The predicted molar refractivity (Wildman–Crippen MR) is 87.7 cm³/mol. The van der Waals surface area contributed by atoms with Gasteiger partial charge < -0.3 is 10.1 Å². The van der Waals surface area contributed by atoms with Crippen LogP contribution in [-0.4, -0.2) is 30.8 Å². The van der Waals surface area contributed by atoms with Crippen LogP contribution in [-0.2, 0) is 16.0 Å². The van der Waals surface area contributed by atoms with Crippen LogP contribution >= 0.6 is 11.3 Å². The van der Waals surface area contributed by atoms with Crippen molar-refractivity contribution in [2.24, 2.45) is 0 Å². The lowest BCUT2D eigenvalue weighted by atomic mass is 10.1. The Morgan fingerprint density at radius 1 is 1.09 bits per heavy atom. The average Bonchev–Trinajstić information content (AvgIpc) is 3.05. The number of amides is 1. The number of methoxy groups -OCH3 is 1. The fourth-order valence-electron chi connectivity index (χ4n) is 2.06. The molecule has 1 atom stereocenters. The number of carbonyl (C=O) groups excluding carboxylic acids is 3. The first kappa shape index (κ1) is 16.9. The Morgan fingerprint density at radius 3 is 2.30 bits per heavy atom. The summed E-state index contributed by atoms with van der Waals surface area (Å²) in [6.07, 6.45) is 0.337. The predicted octanol–water partition coefficient (Wildman–Crippen LogP) is 2.46. The van der Waals surface area contributed by atoms with E-state index in [4.69, 9.17) is 4.74 Å². The normalized spacial score (nSPS) is 11.6. The number of Topliss-reactive ketones (excluding diaryl/α,β-unsaturated/α-hetero) is 1. The zero-order valence-corrected chi connectivity index (χ0v) is 13.7. The van der Waals surface area contributed by atoms with Crippen molar-refractivity contribution < 1.29 is 19.1 Å². The maximum atomic E-state index is 12.3. The van der Waals surface area contributed by atoms with Gasteiger partial charge in [-0.3, -0.25) is 9.59 Å². The quantitative estimate of drug-likeness (QED) is 0.652. The molecular weight excluding hydrogens is 314 g/mol. The highest BCUT2D eigenvalue weighted by molar-refractivity contribution is 7.15. The van der Waals surface area contributed by atoms with Crippen molar-refractivity contribution in [3.05, 3.63) is 57.8 Å². The molecule has 0 aliphatic carbocycles. The average molecular weight is 331 g/mol. The highest BCUT2D eigenvalue weighted by Crippen LogP contribution is 2.17. The molecule has 1 aromatic heterocycles. The van der Waals surface area contributed by atoms with Gasteiger partial charge in [0, 0.05) is 6.42 Å². The number of ether oxygens (including phenoxy) is 1. The first-order valence-corrected chi connectivity index (χ1v) is 7.86. The lowest BCUT2D eigenvalue weighted by Gasteiger charge is -2.16. The molecule has 0 radical (unpaired) electrons. The summed E-state index contributed by atoms with van der Waals surface area (Å²) in [6, 6.07) is 11.8. The second-order valence-electron chi connectivity index (χ2n) is 4.96. The van der Waals surface area contributed by atoms with E-state index >= 15 is 0 Å². The molecule has 120 valence electrons. The van der Waals surface area contributed by atoms with Crippen LogP contribution in [0.4, 0.5) is 0 Å². The van der Waals surface area contributed by atoms with Crippen molar-refractivity contribution in [3.8, 4) is 0 Å². The number of hydrogen-bond donors (Lipinski definition) is 1. The fourth-order valence-corrected chi connectivity index (χ4v) is 2.87. The van der Waals surface area contributed by atoms with Gasteiger partial charge in [0.15, 0.2) is 5.78 Å². The third kappa shape index (κ3) is 4.50. The van der Waals surface area contributed by atoms with E-state index in [0.29, 0.717) is 16.2 Å². The van der Waals surface area contributed by atoms with Crippen molar-refractivity contribution in [2.75, 3.05) is 7.11 Å². The van der Waals surface area contributed by atoms with Crippen molar-refractivity contribution >= 4 is 29.0 Å². The van der Waals surface area contributed by atoms with Crippen LogP contribution in [0.3, 0.4) is 0 Å². The summed E-state index contributed by atoms with van der Waals surface area (Å²) in [7, 11) is 1.28. The summed E-state index contributed by atoms with van der Waals surface area (Å²) in [5.41, 5.74) is 0.916. The van der Waals surface area contributed by atoms with Crippen LogP contribution in [0.5, 0.6) is 0 Å². The zero-order chi connectivity index (χ0) is 16.8. The molecule has 0 unspecified atom stereocenters. The number of rotatable bonds is 6. The third-order valence-corrected chi connectivity index (χ3v) is 4.44. The zero-order valence-electron chi connectivity index (χ0n) is 12.9. The molecule has 5 nitrogen and oxygen atoms in total. The Hall–Kier alpha value is -2.47. The molecule has 0 saturated heterocycles. The van der Waals surface area contributed by atoms with Crippen LogP contribution < -0.4 is 5.32 Å². The van der Waals surface area contributed by atoms with Crippen LogP contribution in [0.2, 0.25) is 0 Å². The first-order valence-electron chi connectivity index (χ1n) is 7.04. The van der Waals surface area contributed by atoms with E-state index in [1.807, 2.05) is 30.3 Å². The van der Waals surface area contributed by atoms with Gasteiger partial charge in [-0.05, 0) is 24.6 Å². The minimum atomic E-state index is -0.780. The molecule has 0 aliphatic heterocycles. The number of thiophene rings is 1. The lowest BCUT2D eigenvalue weighted by molar-refractivity contribution is -0.142. The number of hydrogen-bond acceptors (Lipinski definition) is 5. The highest BCUT2D eigenvalue weighted by atomic mass is 32.1. The van der Waals surface area contributed by atoms with E-state index in [-0.39, 0.29) is 5.78 Å². The molecule has 2 aromatic rings. The molecular formula is C17H17NO4S. The Morgan fingerprint density at radius 2 is 1.74 bits per heavy atom. The summed E-state index contributed by atoms with van der Waals surface area (Å²) in [6.45, 7) is 1.44. The molecule has 0 bridgehead atoms.